The SMILES string of the molecule is CC(C)NCCc1nc(C2CN(C(C)C)CCO2)no1. The number of nitrogens with zero attached hydrogens (tertiary/aromatic N) is 3. The van der Waals surface area contributed by atoms with Crippen LogP contribution in [-0.4, -0.2) is 53.4 Å². The number of hydrogen-bond acceptors (Lipinski definition) is 6. The number of nitrogens with one attached hydrogen (secondary N) is 1. The lowest BCUT2D eigenvalue weighted by molar-refractivity contribution is -0.0450. The van der Waals surface area contributed by atoms with E-state index in [4.69, 9.17) is 9.26 Å². The highest BCUT2D eigenvalue weighted by Crippen LogP contribution is 2.21. The van der Waals surface area contributed by atoms with Crippen LogP contribution in [0.25, 0.3) is 0 Å². The van der Waals surface area contributed by atoms with E-state index in [0.29, 0.717) is 23.8 Å². The maximum atomic E-state index is 5.76. The molecule has 1 unspecified atom stereocenters. The van der Waals surface area contributed by atoms with E-state index in [1.807, 2.05) is 0 Å². The first-order valence-corrected chi connectivity index (χ1v) is 7.47. The van der Waals surface area contributed by atoms with Crippen LogP contribution in [0.1, 0.15) is 45.5 Å². The molecule has 1 saturated heterocycles. The molecule has 1 atom stereocenters. The molecule has 0 amide bonds. The van der Waals surface area contributed by atoms with E-state index in [9.17, 15) is 0 Å². The van der Waals surface area contributed by atoms with Crippen molar-refractivity contribution in [2.75, 3.05) is 26.2 Å². The van der Waals surface area contributed by atoms with Gasteiger partial charge in [-0.1, -0.05) is 19.0 Å². The summed E-state index contributed by atoms with van der Waals surface area (Å²) in [5.74, 6) is 1.35. The van der Waals surface area contributed by atoms with Crippen molar-refractivity contribution in [3.63, 3.8) is 0 Å². The molecule has 1 aromatic heterocycles. The Morgan fingerprint density at radius 2 is 2.15 bits per heavy atom. The van der Waals surface area contributed by atoms with Crippen molar-refractivity contribution in [2.24, 2.45) is 0 Å². The van der Waals surface area contributed by atoms with E-state index in [2.05, 4.69) is 48.1 Å². The highest BCUT2D eigenvalue weighted by molar-refractivity contribution is 4.95. The average molecular weight is 282 g/mol. The van der Waals surface area contributed by atoms with E-state index < -0.39 is 0 Å². The molecule has 1 N–H and O–H groups in total. The molecule has 1 aliphatic heterocycles. The largest absolute Gasteiger partial charge is 0.367 e. The summed E-state index contributed by atoms with van der Waals surface area (Å²) >= 11 is 0. The second-order valence-corrected chi connectivity index (χ2v) is 5.85. The Balaban J connectivity index is 1.88. The van der Waals surface area contributed by atoms with Crippen molar-refractivity contribution < 1.29 is 9.26 Å². The summed E-state index contributed by atoms with van der Waals surface area (Å²) < 4.78 is 11.1. The molecule has 2 rings (SSSR count). The average Bonchev–Trinajstić information content (AvgIpc) is 2.87. The van der Waals surface area contributed by atoms with Gasteiger partial charge in [-0.05, 0) is 13.8 Å². The second-order valence-electron chi connectivity index (χ2n) is 5.85. The van der Waals surface area contributed by atoms with Crippen LogP contribution in [0.3, 0.4) is 0 Å². The van der Waals surface area contributed by atoms with Gasteiger partial charge in [0.15, 0.2) is 0 Å². The Kier molecular flexibility index (Phi) is 5.51. The molecular formula is C14H26N4O2. The minimum absolute atomic E-state index is 0.0679. The summed E-state index contributed by atoms with van der Waals surface area (Å²) in [4.78, 5) is 6.83. The topological polar surface area (TPSA) is 63.4 Å². The van der Waals surface area contributed by atoms with Crippen LogP contribution in [0.2, 0.25) is 0 Å². The number of rotatable bonds is 6. The summed E-state index contributed by atoms with van der Waals surface area (Å²) in [5, 5.41) is 7.40. The molecule has 1 fully saturated rings. The Morgan fingerprint density at radius 1 is 1.35 bits per heavy atom. The third-order valence-electron chi connectivity index (χ3n) is 3.49. The normalized spacial score (nSPS) is 21.0. The van der Waals surface area contributed by atoms with Gasteiger partial charge in [0.25, 0.3) is 0 Å². The summed E-state index contributed by atoms with van der Waals surface area (Å²) in [6, 6.07) is 0.988. The van der Waals surface area contributed by atoms with Crippen LogP contribution in [0.15, 0.2) is 4.52 Å². The van der Waals surface area contributed by atoms with Gasteiger partial charge < -0.3 is 14.6 Å². The number of aromatic nitrogens is 2. The number of hydrogen-bond donors (Lipinski definition) is 1. The number of ether oxygens (including phenoxy) is 1. The second kappa shape index (κ2) is 7.15. The zero-order valence-corrected chi connectivity index (χ0v) is 12.9. The van der Waals surface area contributed by atoms with Crippen LogP contribution in [0.4, 0.5) is 0 Å². The van der Waals surface area contributed by atoms with Crippen LogP contribution in [-0.2, 0) is 11.2 Å². The molecule has 6 heteroatoms. The van der Waals surface area contributed by atoms with Gasteiger partial charge in [0.2, 0.25) is 11.7 Å². The summed E-state index contributed by atoms with van der Waals surface area (Å²) in [7, 11) is 0. The minimum Gasteiger partial charge on any atom is -0.367 e. The van der Waals surface area contributed by atoms with Gasteiger partial charge >= 0.3 is 0 Å². The maximum Gasteiger partial charge on any atom is 0.228 e. The first-order chi connectivity index (χ1) is 9.56. The molecule has 0 bridgehead atoms. The molecule has 0 aromatic carbocycles. The molecule has 1 aliphatic rings. The first-order valence-electron chi connectivity index (χ1n) is 7.47. The monoisotopic (exact) mass is 282 g/mol. The van der Waals surface area contributed by atoms with E-state index >= 15 is 0 Å². The fourth-order valence-electron chi connectivity index (χ4n) is 2.26. The van der Waals surface area contributed by atoms with Crippen molar-refractivity contribution in [1.82, 2.24) is 20.4 Å². The summed E-state index contributed by atoms with van der Waals surface area (Å²) in [5.41, 5.74) is 0. The molecular weight excluding hydrogens is 256 g/mol. The lowest BCUT2D eigenvalue weighted by Crippen LogP contribution is -2.42. The zero-order chi connectivity index (χ0) is 14.5. The van der Waals surface area contributed by atoms with Gasteiger partial charge in [-0.15, -0.1) is 0 Å². The lowest BCUT2D eigenvalue weighted by atomic mass is 10.2. The standard InChI is InChI=1S/C14H26N4O2/c1-10(2)15-6-5-13-16-14(17-20-13)12-9-18(11(3)4)7-8-19-12/h10-12,15H,5-9H2,1-4H3. The van der Waals surface area contributed by atoms with Crippen molar-refractivity contribution in [2.45, 2.75) is 52.3 Å². The molecule has 2 heterocycles. The Hall–Kier alpha value is -0.980. The van der Waals surface area contributed by atoms with Gasteiger partial charge in [0.1, 0.15) is 6.10 Å². The summed E-state index contributed by atoms with van der Waals surface area (Å²) in [6.45, 7) is 12.0. The molecule has 0 aliphatic carbocycles. The highest BCUT2D eigenvalue weighted by atomic mass is 16.5. The van der Waals surface area contributed by atoms with Gasteiger partial charge in [-0.3, -0.25) is 4.90 Å². The van der Waals surface area contributed by atoms with Crippen molar-refractivity contribution in [3.8, 4) is 0 Å². The predicted molar refractivity (Wildman–Crippen MR) is 76.5 cm³/mol. The smallest absolute Gasteiger partial charge is 0.228 e. The molecule has 0 spiro atoms. The molecule has 0 radical (unpaired) electrons. The van der Waals surface area contributed by atoms with Gasteiger partial charge in [-0.25, -0.2) is 0 Å². The van der Waals surface area contributed by atoms with Crippen molar-refractivity contribution in [1.29, 1.82) is 0 Å². The molecule has 20 heavy (non-hydrogen) atoms. The quantitative estimate of drug-likeness (QED) is 0.851. The zero-order valence-electron chi connectivity index (χ0n) is 12.9. The van der Waals surface area contributed by atoms with E-state index in [1.54, 1.807) is 0 Å². The fourth-order valence-corrected chi connectivity index (χ4v) is 2.26. The van der Waals surface area contributed by atoms with E-state index in [-0.39, 0.29) is 6.10 Å². The van der Waals surface area contributed by atoms with Crippen molar-refractivity contribution >= 4 is 0 Å². The molecule has 0 saturated carbocycles. The van der Waals surface area contributed by atoms with E-state index in [0.717, 1.165) is 32.7 Å². The summed E-state index contributed by atoms with van der Waals surface area (Å²) in [6.07, 6.45) is 0.688. The molecule has 6 nitrogen and oxygen atoms in total. The van der Waals surface area contributed by atoms with Gasteiger partial charge in [0, 0.05) is 38.1 Å². The first kappa shape index (κ1) is 15.4. The van der Waals surface area contributed by atoms with Crippen LogP contribution < -0.4 is 5.32 Å². The molecule has 1 aromatic rings. The Bertz CT molecular complexity index is 406. The van der Waals surface area contributed by atoms with Crippen LogP contribution >= 0.6 is 0 Å². The maximum absolute atomic E-state index is 5.76. The van der Waals surface area contributed by atoms with E-state index in [1.165, 1.54) is 0 Å². The molecule has 114 valence electrons. The van der Waals surface area contributed by atoms with Crippen LogP contribution in [0.5, 0.6) is 0 Å². The lowest BCUT2D eigenvalue weighted by Gasteiger charge is -2.34. The predicted octanol–water partition coefficient (Wildman–Crippen LogP) is 1.39. The Labute approximate surface area is 120 Å². The third-order valence-corrected chi connectivity index (χ3v) is 3.49. The van der Waals surface area contributed by atoms with Crippen LogP contribution in [0, 0.1) is 0 Å². The van der Waals surface area contributed by atoms with Gasteiger partial charge in [0.05, 0.1) is 6.61 Å². The highest BCUT2D eigenvalue weighted by Gasteiger charge is 2.27. The van der Waals surface area contributed by atoms with Gasteiger partial charge in [-0.2, -0.15) is 4.98 Å². The number of morpholine rings is 1. The van der Waals surface area contributed by atoms with Crippen molar-refractivity contribution in [3.05, 3.63) is 11.7 Å². The minimum atomic E-state index is -0.0679. The Morgan fingerprint density at radius 3 is 2.85 bits per heavy atom. The third kappa shape index (κ3) is 4.26. The fraction of sp³-hybridized carbons (Fsp3) is 0.857.